The molecule has 4 heterocycles. The molecular formula is C28H31F3N4O6. The number of amides is 1. The fourth-order valence-electron chi connectivity index (χ4n) is 5.38. The average molecular weight is 577 g/mol. The molecule has 2 aliphatic rings. The van der Waals surface area contributed by atoms with E-state index in [0.29, 0.717) is 16.7 Å². The van der Waals surface area contributed by atoms with Crippen LogP contribution in [0.25, 0.3) is 11.0 Å². The summed E-state index contributed by atoms with van der Waals surface area (Å²) in [6.07, 6.45) is -5.81. The lowest BCUT2D eigenvalue weighted by molar-refractivity contribution is -0.0551. The Morgan fingerprint density at radius 2 is 1.95 bits per heavy atom. The number of ether oxygens (including phenoxy) is 2. The second kappa shape index (κ2) is 10.1. The Balaban J connectivity index is 1.55. The van der Waals surface area contributed by atoms with E-state index < -0.39 is 59.3 Å². The number of aliphatic hydroxyl groups excluding tert-OH is 1. The van der Waals surface area contributed by atoms with Crippen molar-refractivity contribution in [3.8, 4) is 0 Å². The van der Waals surface area contributed by atoms with Gasteiger partial charge in [0.05, 0.1) is 17.8 Å². The molecule has 1 aromatic carbocycles. The van der Waals surface area contributed by atoms with Gasteiger partial charge in [0.15, 0.2) is 18.1 Å². The van der Waals surface area contributed by atoms with Gasteiger partial charge in [-0.15, -0.1) is 0 Å². The van der Waals surface area contributed by atoms with E-state index in [0.717, 1.165) is 6.07 Å². The number of halogens is 3. The summed E-state index contributed by atoms with van der Waals surface area (Å²) in [6, 6.07) is 2.43. The van der Waals surface area contributed by atoms with Crippen LogP contribution in [0.1, 0.15) is 73.1 Å². The number of rotatable bonds is 4. The van der Waals surface area contributed by atoms with E-state index >= 15 is 4.39 Å². The molecule has 0 unspecified atom stereocenters. The maximum Gasteiger partial charge on any atom is 0.410 e. The van der Waals surface area contributed by atoms with Crippen molar-refractivity contribution in [2.45, 2.75) is 83.6 Å². The monoisotopic (exact) mass is 576 g/mol. The molecule has 2 aromatic heterocycles. The van der Waals surface area contributed by atoms with Gasteiger partial charge in [-0.3, -0.25) is 4.79 Å². The van der Waals surface area contributed by atoms with Crippen LogP contribution in [0.5, 0.6) is 0 Å². The zero-order valence-electron chi connectivity index (χ0n) is 23.2. The topological polar surface area (TPSA) is 127 Å². The minimum atomic E-state index is -3.23. The van der Waals surface area contributed by atoms with E-state index in [2.05, 4.69) is 9.97 Å². The highest BCUT2D eigenvalue weighted by molar-refractivity contribution is 6.02. The summed E-state index contributed by atoms with van der Waals surface area (Å²) in [7, 11) is 0. The van der Waals surface area contributed by atoms with Gasteiger partial charge in [-0.1, -0.05) is 0 Å². The number of carbonyl (C=O) groups excluding carboxylic acids is 2. The van der Waals surface area contributed by atoms with Gasteiger partial charge in [-0.05, 0) is 64.3 Å². The molecule has 0 radical (unpaired) electrons. The fraction of sp³-hybridized carbons (Fsp3) is 0.500. The van der Waals surface area contributed by atoms with Crippen molar-refractivity contribution in [3.63, 3.8) is 0 Å². The number of alkyl halides is 2. The fourth-order valence-corrected chi connectivity index (χ4v) is 5.38. The molecule has 0 bridgehead atoms. The first-order chi connectivity index (χ1) is 19.1. The zero-order chi connectivity index (χ0) is 30.0. The smallest absolute Gasteiger partial charge is 0.410 e. The van der Waals surface area contributed by atoms with Crippen LogP contribution >= 0.6 is 0 Å². The summed E-state index contributed by atoms with van der Waals surface area (Å²) in [5.41, 5.74) is -3.37. The highest BCUT2D eigenvalue weighted by Gasteiger charge is 2.56. The van der Waals surface area contributed by atoms with Crippen molar-refractivity contribution in [1.82, 2.24) is 19.4 Å². The third-order valence-electron chi connectivity index (χ3n) is 7.54. The molecule has 0 spiro atoms. The molecule has 10 nitrogen and oxygen atoms in total. The van der Waals surface area contributed by atoms with Crippen molar-refractivity contribution in [2.75, 3.05) is 6.54 Å². The lowest BCUT2D eigenvalue weighted by Crippen LogP contribution is -2.48. The van der Waals surface area contributed by atoms with Gasteiger partial charge in [-0.25, -0.2) is 27.9 Å². The van der Waals surface area contributed by atoms with Gasteiger partial charge in [0, 0.05) is 23.7 Å². The van der Waals surface area contributed by atoms with Gasteiger partial charge >= 0.3 is 6.09 Å². The number of carbonyl (C=O) groups is 2. The first-order valence-corrected chi connectivity index (χ1v) is 13.1. The third-order valence-corrected chi connectivity index (χ3v) is 7.54. The van der Waals surface area contributed by atoms with E-state index in [4.69, 9.17) is 9.47 Å². The molecule has 41 heavy (non-hydrogen) atoms. The number of hydrogen-bond donors (Lipinski definition) is 2. The zero-order valence-corrected chi connectivity index (χ0v) is 23.2. The number of aryl methyl sites for hydroxylation is 1. The molecule has 3 aromatic rings. The molecule has 4 atom stereocenters. The van der Waals surface area contributed by atoms with E-state index in [1.807, 2.05) is 0 Å². The van der Waals surface area contributed by atoms with Crippen LogP contribution in [0.15, 0.2) is 24.7 Å². The Morgan fingerprint density at radius 3 is 2.61 bits per heavy atom. The second-order valence-corrected chi connectivity index (χ2v) is 11.6. The highest BCUT2D eigenvalue weighted by Crippen LogP contribution is 2.42. The Morgan fingerprint density at radius 1 is 1.24 bits per heavy atom. The molecule has 1 amide bonds. The molecule has 0 saturated carbocycles. The quantitative estimate of drug-likeness (QED) is 0.447. The van der Waals surface area contributed by atoms with Crippen LogP contribution in [-0.2, 0) is 22.4 Å². The van der Waals surface area contributed by atoms with Gasteiger partial charge in [-0.2, -0.15) is 0 Å². The molecule has 1 fully saturated rings. The lowest BCUT2D eigenvalue weighted by Gasteiger charge is -2.33. The number of fused-ring (bicyclic) bond motifs is 2. The van der Waals surface area contributed by atoms with Crippen LogP contribution in [0.3, 0.4) is 0 Å². The molecule has 1 saturated heterocycles. The maximum atomic E-state index is 15.2. The normalized spacial score (nSPS) is 24.7. The predicted molar refractivity (Wildman–Crippen MR) is 139 cm³/mol. The largest absolute Gasteiger partial charge is 0.444 e. The molecule has 0 aliphatic carbocycles. The van der Waals surface area contributed by atoms with Crippen molar-refractivity contribution >= 4 is 22.9 Å². The van der Waals surface area contributed by atoms with Crippen LogP contribution in [0.2, 0.25) is 0 Å². The number of Topliss-reactive ketones (excluding diaryl/α,β-unsaturated/α-hetero) is 1. The van der Waals surface area contributed by atoms with Gasteiger partial charge in [0.25, 0.3) is 6.43 Å². The van der Waals surface area contributed by atoms with Crippen LogP contribution < -0.4 is 0 Å². The molecular weight excluding hydrogens is 545 g/mol. The lowest BCUT2D eigenvalue weighted by atomic mass is 9.84. The maximum absolute atomic E-state index is 15.2. The Kier molecular flexibility index (Phi) is 7.11. The number of ketones is 1. The number of aliphatic hydroxyl groups is 2. The summed E-state index contributed by atoms with van der Waals surface area (Å²) in [4.78, 5) is 36.3. The van der Waals surface area contributed by atoms with E-state index in [9.17, 15) is 28.6 Å². The van der Waals surface area contributed by atoms with Crippen molar-refractivity contribution < 1.29 is 42.4 Å². The summed E-state index contributed by atoms with van der Waals surface area (Å²) >= 11 is 0. The number of hydrogen-bond acceptors (Lipinski definition) is 8. The van der Waals surface area contributed by atoms with Gasteiger partial charge < -0.3 is 29.2 Å². The van der Waals surface area contributed by atoms with Gasteiger partial charge in [0.2, 0.25) is 0 Å². The molecule has 5 rings (SSSR count). The van der Waals surface area contributed by atoms with Crippen LogP contribution in [-0.4, -0.2) is 71.5 Å². The average Bonchev–Trinajstić information content (AvgIpc) is 3.41. The Labute approximate surface area is 233 Å². The van der Waals surface area contributed by atoms with E-state index in [-0.39, 0.29) is 36.2 Å². The molecule has 2 N–H and O–H groups in total. The third kappa shape index (κ3) is 4.95. The van der Waals surface area contributed by atoms with Crippen LogP contribution in [0.4, 0.5) is 18.0 Å². The summed E-state index contributed by atoms with van der Waals surface area (Å²) in [5.74, 6) is -2.09. The van der Waals surface area contributed by atoms with Crippen molar-refractivity contribution in [1.29, 1.82) is 0 Å². The van der Waals surface area contributed by atoms with Crippen LogP contribution in [0, 0.1) is 12.7 Å². The highest BCUT2D eigenvalue weighted by atomic mass is 19.3. The van der Waals surface area contributed by atoms with E-state index in [1.165, 1.54) is 22.7 Å². The summed E-state index contributed by atoms with van der Waals surface area (Å²) in [6.45, 7) is 7.69. The van der Waals surface area contributed by atoms with Gasteiger partial charge in [0.1, 0.15) is 35.1 Å². The number of benzene rings is 1. The standard InChI is InChI=1S/C28H31F3N4O6/c1-13-14-7-9-35(24(14)33-12-32-13)25-21(37)28(5,39)22(40-25)20(36)16-10-17(23(30)31)19(29)15-6-8-34(11-18(15)16)26(38)41-27(2,3)4/h7,9-10,12,21-23,25,37,39H,6,8,11H2,1-5H3/t21-,22+,25+,28-/m0/s1. The minimum Gasteiger partial charge on any atom is -0.444 e. The predicted octanol–water partition coefficient (Wildman–Crippen LogP) is 4.00. The van der Waals surface area contributed by atoms with Crippen molar-refractivity contribution in [2.24, 2.45) is 0 Å². The second-order valence-electron chi connectivity index (χ2n) is 11.6. The minimum absolute atomic E-state index is 0.0143. The Hall–Kier alpha value is -3.55. The number of aromatic nitrogens is 3. The van der Waals surface area contributed by atoms with E-state index in [1.54, 1.807) is 40.0 Å². The van der Waals surface area contributed by atoms with Crippen molar-refractivity contribution in [3.05, 3.63) is 58.4 Å². The summed E-state index contributed by atoms with van der Waals surface area (Å²) < 4.78 is 55.8. The SMILES string of the molecule is Cc1ncnc2c1ccn2[C@@H]1O[C@H](C(=O)c2cc(C(F)F)c(F)c3c2CN(C(=O)OC(C)(C)C)CC3)[C@@](C)(O)[C@H]1O. The first-order valence-electron chi connectivity index (χ1n) is 13.1. The summed E-state index contributed by atoms with van der Waals surface area (Å²) in [5, 5.41) is 23.1. The molecule has 13 heteroatoms. The first kappa shape index (κ1) is 29.0. The molecule has 2 aliphatic heterocycles. The number of nitrogens with zero attached hydrogens (tertiary/aromatic N) is 4. The molecule has 220 valence electrons. The Bertz CT molecular complexity index is 1530.